The van der Waals surface area contributed by atoms with Gasteiger partial charge in [0.05, 0.1) is 18.8 Å². The maximum atomic E-state index is 11.4. The number of pyridine rings is 1. The molecule has 0 unspecified atom stereocenters. The SMILES string of the molecule is CC(C)COC(=O)COCCOc1cc2c(Cl)nccc2cc1C#N. The molecule has 1 aromatic heterocycles. The maximum Gasteiger partial charge on any atom is 0.332 e. The van der Waals surface area contributed by atoms with Crippen molar-refractivity contribution in [1.29, 1.82) is 5.26 Å². The highest BCUT2D eigenvalue weighted by molar-refractivity contribution is 6.34. The summed E-state index contributed by atoms with van der Waals surface area (Å²) < 4.78 is 15.8. The Hall–Kier alpha value is -2.36. The first-order valence-corrected chi connectivity index (χ1v) is 8.23. The second kappa shape index (κ2) is 9.21. The van der Waals surface area contributed by atoms with Crippen LogP contribution in [0.25, 0.3) is 10.8 Å². The van der Waals surface area contributed by atoms with E-state index in [4.69, 9.17) is 25.8 Å². The second-order valence-electron chi connectivity index (χ2n) is 5.76. The minimum atomic E-state index is -0.407. The highest BCUT2D eigenvalue weighted by Crippen LogP contribution is 2.29. The van der Waals surface area contributed by atoms with Gasteiger partial charge in [-0.1, -0.05) is 25.4 Å². The maximum absolute atomic E-state index is 11.4. The largest absolute Gasteiger partial charge is 0.490 e. The van der Waals surface area contributed by atoms with Gasteiger partial charge in [-0.15, -0.1) is 0 Å². The van der Waals surface area contributed by atoms with Crippen LogP contribution >= 0.6 is 11.6 Å². The van der Waals surface area contributed by atoms with E-state index in [1.807, 2.05) is 13.8 Å². The molecule has 1 heterocycles. The van der Waals surface area contributed by atoms with Gasteiger partial charge in [0.15, 0.2) is 0 Å². The van der Waals surface area contributed by atoms with E-state index in [2.05, 4.69) is 11.1 Å². The number of carbonyl (C=O) groups excluding carboxylic acids is 1. The molecular weight excluding hydrogens is 344 g/mol. The molecule has 0 radical (unpaired) electrons. The molecule has 0 saturated carbocycles. The molecule has 1 aromatic carbocycles. The number of aromatic nitrogens is 1. The number of esters is 1. The van der Waals surface area contributed by atoms with Crippen LogP contribution < -0.4 is 4.74 Å². The molecule has 6 nitrogen and oxygen atoms in total. The van der Waals surface area contributed by atoms with E-state index in [1.54, 1.807) is 24.4 Å². The Bertz CT molecular complexity index is 786. The quantitative estimate of drug-likeness (QED) is 0.407. The summed E-state index contributed by atoms with van der Waals surface area (Å²) in [7, 11) is 0. The van der Waals surface area contributed by atoms with Crippen molar-refractivity contribution in [2.24, 2.45) is 5.92 Å². The molecule has 2 rings (SSSR count). The molecule has 0 aliphatic carbocycles. The molecule has 2 aromatic rings. The van der Waals surface area contributed by atoms with Crippen LogP contribution in [0.5, 0.6) is 5.75 Å². The summed E-state index contributed by atoms with van der Waals surface area (Å²) in [6.45, 7) is 4.54. The first kappa shape index (κ1) is 19.0. The van der Waals surface area contributed by atoms with E-state index < -0.39 is 5.97 Å². The predicted molar refractivity (Wildman–Crippen MR) is 93.6 cm³/mol. The molecule has 0 N–H and O–H groups in total. The fourth-order valence-corrected chi connectivity index (χ4v) is 2.26. The summed E-state index contributed by atoms with van der Waals surface area (Å²) in [5.74, 6) is 0.275. The highest BCUT2D eigenvalue weighted by Gasteiger charge is 2.09. The van der Waals surface area contributed by atoms with Crippen LogP contribution in [-0.4, -0.2) is 37.4 Å². The average Bonchev–Trinajstić information content (AvgIpc) is 2.59. The number of hydrogen-bond acceptors (Lipinski definition) is 6. The average molecular weight is 363 g/mol. The van der Waals surface area contributed by atoms with Gasteiger partial charge < -0.3 is 14.2 Å². The van der Waals surface area contributed by atoms with Gasteiger partial charge in [-0.25, -0.2) is 9.78 Å². The molecule has 25 heavy (non-hydrogen) atoms. The Kier molecular flexibility index (Phi) is 6.99. The number of nitriles is 1. The van der Waals surface area contributed by atoms with Gasteiger partial charge in [0, 0.05) is 11.6 Å². The number of hydrogen-bond donors (Lipinski definition) is 0. The number of nitrogens with zero attached hydrogens (tertiary/aromatic N) is 2. The molecule has 132 valence electrons. The van der Waals surface area contributed by atoms with Crippen LogP contribution in [-0.2, 0) is 14.3 Å². The molecule has 0 aliphatic heterocycles. The molecule has 0 atom stereocenters. The topological polar surface area (TPSA) is 81.4 Å². The smallest absolute Gasteiger partial charge is 0.332 e. The summed E-state index contributed by atoms with van der Waals surface area (Å²) in [5.41, 5.74) is 0.395. The lowest BCUT2D eigenvalue weighted by molar-refractivity contribution is -0.150. The molecule has 0 spiro atoms. The van der Waals surface area contributed by atoms with Gasteiger partial charge in [0.2, 0.25) is 0 Å². The lowest BCUT2D eigenvalue weighted by atomic mass is 10.1. The van der Waals surface area contributed by atoms with Crippen LogP contribution in [0.3, 0.4) is 0 Å². The second-order valence-corrected chi connectivity index (χ2v) is 6.12. The summed E-state index contributed by atoms with van der Waals surface area (Å²) in [6.07, 6.45) is 1.58. The van der Waals surface area contributed by atoms with Gasteiger partial charge >= 0.3 is 5.97 Å². The Balaban J connectivity index is 1.87. The zero-order valence-electron chi connectivity index (χ0n) is 14.1. The molecule has 0 saturated heterocycles. The Morgan fingerprint density at radius 2 is 2.16 bits per heavy atom. The summed E-state index contributed by atoms with van der Waals surface area (Å²) in [5, 5.41) is 11.1. The van der Waals surface area contributed by atoms with E-state index in [-0.39, 0.29) is 25.7 Å². The van der Waals surface area contributed by atoms with E-state index in [9.17, 15) is 10.1 Å². The predicted octanol–water partition coefficient (Wildman–Crippen LogP) is 3.35. The zero-order chi connectivity index (χ0) is 18.2. The first-order chi connectivity index (χ1) is 12.0. The van der Waals surface area contributed by atoms with Crippen LogP contribution in [0.4, 0.5) is 0 Å². The third-order valence-electron chi connectivity index (χ3n) is 3.22. The number of ether oxygens (including phenoxy) is 3. The Morgan fingerprint density at radius 1 is 1.36 bits per heavy atom. The van der Waals surface area contributed by atoms with Crippen molar-refractivity contribution < 1.29 is 19.0 Å². The first-order valence-electron chi connectivity index (χ1n) is 7.85. The van der Waals surface area contributed by atoms with Crippen molar-refractivity contribution in [3.8, 4) is 11.8 Å². The summed E-state index contributed by atoms with van der Waals surface area (Å²) in [4.78, 5) is 15.4. The van der Waals surface area contributed by atoms with Crippen molar-refractivity contribution in [2.75, 3.05) is 26.4 Å². The zero-order valence-corrected chi connectivity index (χ0v) is 14.9. The minimum Gasteiger partial charge on any atom is -0.490 e. The molecule has 0 fully saturated rings. The van der Waals surface area contributed by atoms with Gasteiger partial charge in [-0.3, -0.25) is 0 Å². The van der Waals surface area contributed by atoms with Crippen molar-refractivity contribution >= 4 is 28.3 Å². The minimum absolute atomic E-state index is 0.130. The fraction of sp³-hybridized carbons (Fsp3) is 0.389. The molecule has 0 bridgehead atoms. The van der Waals surface area contributed by atoms with Crippen molar-refractivity contribution in [2.45, 2.75) is 13.8 Å². The number of fused-ring (bicyclic) bond motifs is 1. The van der Waals surface area contributed by atoms with Gasteiger partial charge in [0.1, 0.15) is 30.2 Å². The molecule has 0 amide bonds. The molecule has 0 aliphatic rings. The van der Waals surface area contributed by atoms with Crippen LogP contribution in [0.15, 0.2) is 24.4 Å². The van der Waals surface area contributed by atoms with E-state index >= 15 is 0 Å². The van der Waals surface area contributed by atoms with E-state index in [0.717, 1.165) is 5.39 Å². The molecule has 7 heteroatoms. The van der Waals surface area contributed by atoms with Crippen LogP contribution in [0, 0.1) is 17.2 Å². The van der Waals surface area contributed by atoms with Gasteiger partial charge in [-0.2, -0.15) is 5.26 Å². The normalized spacial score (nSPS) is 10.7. The lowest BCUT2D eigenvalue weighted by Crippen LogP contribution is -2.18. The summed E-state index contributed by atoms with van der Waals surface area (Å²) in [6, 6.07) is 7.24. The third kappa shape index (κ3) is 5.59. The van der Waals surface area contributed by atoms with Crippen molar-refractivity contribution in [3.63, 3.8) is 0 Å². The van der Waals surface area contributed by atoms with Gasteiger partial charge in [0.25, 0.3) is 0 Å². The van der Waals surface area contributed by atoms with Gasteiger partial charge in [-0.05, 0) is 29.5 Å². The standard InChI is InChI=1S/C18H19ClN2O4/c1-12(2)10-25-17(22)11-23-5-6-24-16-8-15-13(7-14(16)9-20)3-4-21-18(15)19/h3-4,7-8,12H,5-6,10-11H2,1-2H3. The highest BCUT2D eigenvalue weighted by atomic mass is 35.5. The van der Waals surface area contributed by atoms with E-state index in [0.29, 0.717) is 28.5 Å². The van der Waals surface area contributed by atoms with Crippen LogP contribution in [0.1, 0.15) is 19.4 Å². The number of benzene rings is 1. The fourth-order valence-electron chi connectivity index (χ4n) is 2.04. The Labute approximate surface area is 151 Å². The third-order valence-corrected chi connectivity index (χ3v) is 3.52. The summed E-state index contributed by atoms with van der Waals surface area (Å²) >= 11 is 6.07. The number of halogens is 1. The van der Waals surface area contributed by atoms with Crippen molar-refractivity contribution in [1.82, 2.24) is 4.98 Å². The van der Waals surface area contributed by atoms with Crippen molar-refractivity contribution in [3.05, 3.63) is 35.1 Å². The van der Waals surface area contributed by atoms with Crippen LogP contribution in [0.2, 0.25) is 5.15 Å². The van der Waals surface area contributed by atoms with E-state index in [1.165, 1.54) is 0 Å². The molecular formula is C18H19ClN2O4. The lowest BCUT2D eigenvalue weighted by Gasteiger charge is -2.11. The Morgan fingerprint density at radius 3 is 2.88 bits per heavy atom. The monoisotopic (exact) mass is 362 g/mol. The number of carbonyl (C=O) groups is 1. The number of rotatable bonds is 8.